The van der Waals surface area contributed by atoms with E-state index in [0.717, 1.165) is 11.3 Å². The number of fused-ring (bicyclic) bond motifs is 1. The number of rotatable bonds is 4. The van der Waals surface area contributed by atoms with Gasteiger partial charge in [-0.25, -0.2) is 8.91 Å². The van der Waals surface area contributed by atoms with Gasteiger partial charge in [0.15, 0.2) is 0 Å². The van der Waals surface area contributed by atoms with Crippen molar-refractivity contribution in [1.82, 2.24) is 14.6 Å². The van der Waals surface area contributed by atoms with E-state index in [-0.39, 0.29) is 11.8 Å². The predicted molar refractivity (Wildman–Crippen MR) is 110 cm³/mol. The van der Waals surface area contributed by atoms with E-state index in [1.807, 2.05) is 5.38 Å². The molecule has 0 atom stereocenters. The average Bonchev–Trinajstić information content (AvgIpc) is 3.23. The number of carbonyl (C=O) groups excluding carboxylic acids is 1. The molecule has 4 rings (SSSR count). The highest BCUT2D eigenvalue weighted by molar-refractivity contribution is 7.15. The number of benzene rings is 2. The standard InChI is InChI=1S/C19H11Cl2FN4OS/c20-12-4-7-15(21)14(9-12)16-10-28-19-24-18(25-26(16)19)23-17(27)8-3-11-1-5-13(22)6-2-11/h1-10H,(H,23,25,27)/b8-3+. The number of nitrogens with one attached hydrogen (secondary N) is 1. The van der Waals surface area contributed by atoms with Crippen LogP contribution in [0.15, 0.2) is 53.9 Å². The van der Waals surface area contributed by atoms with Gasteiger partial charge in [0.2, 0.25) is 4.96 Å². The van der Waals surface area contributed by atoms with Crippen LogP contribution >= 0.6 is 34.5 Å². The molecule has 4 aromatic rings. The molecule has 0 fully saturated rings. The van der Waals surface area contributed by atoms with E-state index < -0.39 is 5.91 Å². The Labute approximate surface area is 173 Å². The molecule has 2 aromatic carbocycles. The molecule has 28 heavy (non-hydrogen) atoms. The summed E-state index contributed by atoms with van der Waals surface area (Å²) in [6, 6.07) is 11.0. The fourth-order valence-corrected chi connectivity index (χ4v) is 3.72. The molecule has 140 valence electrons. The number of carbonyl (C=O) groups is 1. The van der Waals surface area contributed by atoms with Crippen molar-refractivity contribution in [3.8, 4) is 11.3 Å². The van der Waals surface area contributed by atoms with E-state index in [9.17, 15) is 9.18 Å². The maximum absolute atomic E-state index is 12.9. The summed E-state index contributed by atoms with van der Waals surface area (Å²) in [6.07, 6.45) is 2.90. The van der Waals surface area contributed by atoms with Gasteiger partial charge < -0.3 is 0 Å². The zero-order valence-electron chi connectivity index (χ0n) is 14.1. The summed E-state index contributed by atoms with van der Waals surface area (Å²) in [5, 5.41) is 9.89. The van der Waals surface area contributed by atoms with Crippen LogP contribution in [0.5, 0.6) is 0 Å². The van der Waals surface area contributed by atoms with E-state index in [4.69, 9.17) is 23.2 Å². The molecule has 1 N–H and O–H groups in total. The molecule has 0 bridgehead atoms. The smallest absolute Gasteiger partial charge is 0.250 e. The van der Waals surface area contributed by atoms with Crippen LogP contribution < -0.4 is 5.32 Å². The van der Waals surface area contributed by atoms with E-state index >= 15 is 0 Å². The lowest BCUT2D eigenvalue weighted by molar-refractivity contribution is -0.111. The molecular formula is C19H11Cl2FN4OS. The van der Waals surface area contributed by atoms with Crippen LogP contribution in [0.4, 0.5) is 10.3 Å². The fraction of sp³-hybridized carbons (Fsp3) is 0. The number of hydrogen-bond acceptors (Lipinski definition) is 4. The minimum atomic E-state index is -0.398. The molecule has 2 heterocycles. The zero-order valence-corrected chi connectivity index (χ0v) is 16.4. The summed E-state index contributed by atoms with van der Waals surface area (Å²) in [5.41, 5.74) is 2.15. The first-order valence-corrected chi connectivity index (χ1v) is 9.67. The molecule has 2 aromatic heterocycles. The van der Waals surface area contributed by atoms with Crippen LogP contribution in [0, 0.1) is 5.82 Å². The minimum absolute atomic E-state index is 0.167. The van der Waals surface area contributed by atoms with Crippen molar-refractivity contribution >= 4 is 57.4 Å². The van der Waals surface area contributed by atoms with Gasteiger partial charge in [0, 0.05) is 22.0 Å². The maximum Gasteiger partial charge on any atom is 0.250 e. The van der Waals surface area contributed by atoms with Crippen molar-refractivity contribution in [1.29, 1.82) is 0 Å². The van der Waals surface area contributed by atoms with Crippen LogP contribution in [0.1, 0.15) is 5.56 Å². The second-order valence-electron chi connectivity index (χ2n) is 5.75. The summed E-state index contributed by atoms with van der Waals surface area (Å²) < 4.78 is 14.5. The molecule has 0 aliphatic rings. The Bertz CT molecular complexity index is 1200. The van der Waals surface area contributed by atoms with Gasteiger partial charge in [-0.05, 0) is 42.0 Å². The van der Waals surface area contributed by atoms with Crippen molar-refractivity contribution < 1.29 is 9.18 Å². The normalized spacial score (nSPS) is 11.4. The Balaban J connectivity index is 1.55. The van der Waals surface area contributed by atoms with Gasteiger partial charge in [0.25, 0.3) is 11.9 Å². The number of aromatic nitrogens is 3. The summed E-state index contributed by atoms with van der Waals surface area (Å²) >= 11 is 13.7. The minimum Gasteiger partial charge on any atom is -0.290 e. The number of anilines is 1. The highest BCUT2D eigenvalue weighted by atomic mass is 35.5. The largest absolute Gasteiger partial charge is 0.290 e. The fourth-order valence-electron chi connectivity index (χ4n) is 2.51. The Kier molecular flexibility index (Phi) is 5.13. The molecule has 0 radical (unpaired) electrons. The number of amides is 1. The lowest BCUT2D eigenvalue weighted by Crippen LogP contribution is -2.09. The molecule has 0 saturated carbocycles. The van der Waals surface area contributed by atoms with Gasteiger partial charge in [-0.2, -0.15) is 4.98 Å². The Morgan fingerprint density at radius 3 is 2.75 bits per heavy atom. The van der Waals surface area contributed by atoms with Crippen LogP contribution in [-0.2, 0) is 4.79 Å². The van der Waals surface area contributed by atoms with Crippen molar-refractivity contribution in [2.75, 3.05) is 5.32 Å². The van der Waals surface area contributed by atoms with Gasteiger partial charge in [0.05, 0.1) is 10.7 Å². The quantitative estimate of drug-likeness (QED) is 0.429. The lowest BCUT2D eigenvalue weighted by Gasteiger charge is -2.02. The van der Waals surface area contributed by atoms with Gasteiger partial charge in [0.1, 0.15) is 5.82 Å². The monoisotopic (exact) mass is 432 g/mol. The van der Waals surface area contributed by atoms with Gasteiger partial charge in [-0.15, -0.1) is 16.4 Å². The lowest BCUT2D eigenvalue weighted by atomic mass is 10.2. The van der Waals surface area contributed by atoms with Crippen molar-refractivity contribution in [3.05, 3.63) is 75.3 Å². The van der Waals surface area contributed by atoms with E-state index in [0.29, 0.717) is 20.6 Å². The topological polar surface area (TPSA) is 59.3 Å². The number of nitrogens with zero attached hydrogens (tertiary/aromatic N) is 3. The molecule has 1 amide bonds. The third-order valence-corrected chi connectivity index (χ3v) is 5.20. The summed E-state index contributed by atoms with van der Waals surface area (Å²) in [6.45, 7) is 0. The van der Waals surface area contributed by atoms with E-state index in [1.165, 1.54) is 29.5 Å². The Morgan fingerprint density at radius 2 is 1.96 bits per heavy atom. The molecular weight excluding hydrogens is 422 g/mol. The SMILES string of the molecule is O=C(/C=C/c1ccc(F)cc1)Nc1nc2scc(-c3cc(Cl)ccc3Cl)n2n1. The Hall–Kier alpha value is -2.74. The first kappa shape index (κ1) is 18.6. The summed E-state index contributed by atoms with van der Waals surface area (Å²) in [7, 11) is 0. The molecule has 9 heteroatoms. The first-order chi connectivity index (χ1) is 13.5. The first-order valence-electron chi connectivity index (χ1n) is 8.04. The molecule has 5 nitrogen and oxygen atoms in total. The van der Waals surface area contributed by atoms with Gasteiger partial charge in [-0.1, -0.05) is 35.3 Å². The summed E-state index contributed by atoms with van der Waals surface area (Å²) in [5.74, 6) is -0.565. The van der Waals surface area contributed by atoms with Crippen molar-refractivity contribution in [3.63, 3.8) is 0 Å². The van der Waals surface area contributed by atoms with Gasteiger partial charge in [-0.3, -0.25) is 10.1 Å². The second kappa shape index (κ2) is 7.71. The van der Waals surface area contributed by atoms with E-state index in [2.05, 4.69) is 15.4 Å². The average molecular weight is 433 g/mol. The number of halogens is 3. The molecule has 0 spiro atoms. The Morgan fingerprint density at radius 1 is 1.18 bits per heavy atom. The van der Waals surface area contributed by atoms with Crippen LogP contribution in [0.3, 0.4) is 0 Å². The molecule has 0 saturated heterocycles. The van der Waals surface area contributed by atoms with Crippen LogP contribution in [-0.4, -0.2) is 20.5 Å². The molecule has 0 aliphatic heterocycles. The highest BCUT2D eigenvalue weighted by Crippen LogP contribution is 2.33. The summed E-state index contributed by atoms with van der Waals surface area (Å²) in [4.78, 5) is 17.0. The highest BCUT2D eigenvalue weighted by Gasteiger charge is 2.15. The number of hydrogen-bond donors (Lipinski definition) is 1. The predicted octanol–water partition coefficient (Wildman–Crippen LogP) is 5.56. The number of thiazole rings is 1. The zero-order chi connectivity index (χ0) is 19.7. The molecule has 0 aliphatic carbocycles. The van der Waals surface area contributed by atoms with E-state index in [1.54, 1.807) is 40.9 Å². The third-order valence-electron chi connectivity index (χ3n) is 3.82. The van der Waals surface area contributed by atoms with Crippen LogP contribution in [0.25, 0.3) is 22.3 Å². The van der Waals surface area contributed by atoms with Crippen molar-refractivity contribution in [2.24, 2.45) is 0 Å². The third kappa shape index (κ3) is 3.91. The maximum atomic E-state index is 12.9. The molecule has 0 unspecified atom stereocenters. The van der Waals surface area contributed by atoms with Gasteiger partial charge >= 0.3 is 0 Å². The second-order valence-corrected chi connectivity index (χ2v) is 7.43. The van der Waals surface area contributed by atoms with Crippen LogP contribution in [0.2, 0.25) is 10.0 Å². The van der Waals surface area contributed by atoms with Crippen molar-refractivity contribution in [2.45, 2.75) is 0 Å².